The first-order valence-corrected chi connectivity index (χ1v) is 9.13. The number of pyridine rings is 1. The lowest BCUT2D eigenvalue weighted by molar-refractivity contribution is -0.137. The first kappa shape index (κ1) is 19.6. The number of alkyl halides is 3. The standard InChI is InChI=1S/C22H16F3N3O2/c23-22(24,25)16-6-2-7-17(11-16)28-13-15-5-1-8-18(20(15)21(28)30)27-19(29)10-14-4-3-9-26-12-14/h1-9,11-12H,10,13H2,(H,27,29). The van der Waals surface area contributed by atoms with Crippen molar-refractivity contribution in [1.82, 2.24) is 4.98 Å². The molecule has 4 rings (SSSR count). The second kappa shape index (κ2) is 7.62. The lowest BCUT2D eigenvalue weighted by Crippen LogP contribution is -2.24. The van der Waals surface area contributed by atoms with E-state index in [2.05, 4.69) is 10.3 Å². The zero-order valence-corrected chi connectivity index (χ0v) is 15.6. The van der Waals surface area contributed by atoms with Gasteiger partial charge in [0.15, 0.2) is 0 Å². The molecule has 0 bridgehead atoms. The summed E-state index contributed by atoms with van der Waals surface area (Å²) in [4.78, 5) is 30.6. The molecule has 0 unspecified atom stereocenters. The monoisotopic (exact) mass is 411 g/mol. The summed E-state index contributed by atoms with van der Waals surface area (Å²) in [7, 11) is 0. The van der Waals surface area contributed by atoms with Crippen molar-refractivity contribution in [3.8, 4) is 0 Å². The molecule has 2 aromatic carbocycles. The second-order valence-electron chi connectivity index (χ2n) is 6.87. The Morgan fingerprint density at radius 3 is 2.63 bits per heavy atom. The highest BCUT2D eigenvalue weighted by molar-refractivity contribution is 6.15. The molecular formula is C22H16F3N3O2. The number of carbonyl (C=O) groups is 2. The van der Waals surface area contributed by atoms with Gasteiger partial charge in [0.05, 0.1) is 29.8 Å². The molecule has 152 valence electrons. The van der Waals surface area contributed by atoms with Crippen molar-refractivity contribution >= 4 is 23.2 Å². The summed E-state index contributed by atoms with van der Waals surface area (Å²) in [5.41, 5.74) is 1.30. The lowest BCUT2D eigenvalue weighted by atomic mass is 10.1. The number of anilines is 2. The lowest BCUT2D eigenvalue weighted by Gasteiger charge is -2.18. The van der Waals surface area contributed by atoms with Crippen LogP contribution in [0, 0.1) is 0 Å². The van der Waals surface area contributed by atoms with Crippen LogP contribution in [0.15, 0.2) is 67.0 Å². The van der Waals surface area contributed by atoms with E-state index >= 15 is 0 Å². The van der Waals surface area contributed by atoms with E-state index in [4.69, 9.17) is 0 Å². The number of nitrogens with zero attached hydrogens (tertiary/aromatic N) is 2. The molecule has 3 aromatic rings. The zero-order chi connectivity index (χ0) is 21.3. The molecule has 8 heteroatoms. The van der Waals surface area contributed by atoms with Crippen molar-refractivity contribution < 1.29 is 22.8 Å². The average molecular weight is 411 g/mol. The van der Waals surface area contributed by atoms with Crippen LogP contribution in [0.3, 0.4) is 0 Å². The van der Waals surface area contributed by atoms with Gasteiger partial charge in [-0.1, -0.05) is 24.3 Å². The molecule has 0 spiro atoms. The van der Waals surface area contributed by atoms with Gasteiger partial charge in [0.25, 0.3) is 5.91 Å². The van der Waals surface area contributed by atoms with E-state index in [0.29, 0.717) is 11.3 Å². The van der Waals surface area contributed by atoms with Gasteiger partial charge in [-0.2, -0.15) is 13.2 Å². The van der Waals surface area contributed by atoms with Gasteiger partial charge in [-0.25, -0.2) is 0 Å². The normalized spacial score (nSPS) is 13.3. The van der Waals surface area contributed by atoms with Gasteiger partial charge in [-0.15, -0.1) is 0 Å². The number of amides is 2. The Labute approximate surface area is 170 Å². The fourth-order valence-corrected chi connectivity index (χ4v) is 3.41. The van der Waals surface area contributed by atoms with Crippen LogP contribution in [-0.4, -0.2) is 16.8 Å². The summed E-state index contributed by atoms with van der Waals surface area (Å²) in [6.45, 7) is 0.127. The summed E-state index contributed by atoms with van der Waals surface area (Å²) in [6.07, 6.45) is -1.23. The number of rotatable bonds is 4. The van der Waals surface area contributed by atoms with E-state index < -0.39 is 17.6 Å². The predicted molar refractivity (Wildman–Crippen MR) is 105 cm³/mol. The number of hydrogen-bond donors (Lipinski definition) is 1. The molecule has 0 radical (unpaired) electrons. The quantitative estimate of drug-likeness (QED) is 0.690. The summed E-state index contributed by atoms with van der Waals surface area (Å²) in [5, 5.41) is 2.73. The van der Waals surface area contributed by atoms with E-state index in [0.717, 1.165) is 17.7 Å². The maximum Gasteiger partial charge on any atom is 0.416 e. The molecule has 0 aliphatic carbocycles. The highest BCUT2D eigenvalue weighted by atomic mass is 19.4. The number of aromatic nitrogens is 1. The van der Waals surface area contributed by atoms with Crippen molar-refractivity contribution in [1.29, 1.82) is 0 Å². The second-order valence-corrected chi connectivity index (χ2v) is 6.87. The third-order valence-electron chi connectivity index (χ3n) is 4.78. The molecular weight excluding hydrogens is 395 g/mol. The fourth-order valence-electron chi connectivity index (χ4n) is 3.41. The van der Waals surface area contributed by atoms with Gasteiger partial charge < -0.3 is 10.2 Å². The highest BCUT2D eigenvalue weighted by Gasteiger charge is 2.34. The minimum absolute atomic E-state index is 0.0863. The Morgan fingerprint density at radius 1 is 1.10 bits per heavy atom. The van der Waals surface area contributed by atoms with E-state index in [-0.39, 0.29) is 30.1 Å². The maximum atomic E-state index is 13.0. The molecule has 0 fully saturated rings. The molecule has 30 heavy (non-hydrogen) atoms. The molecule has 1 aliphatic heterocycles. The number of fused-ring (bicyclic) bond motifs is 1. The molecule has 1 aromatic heterocycles. The Bertz CT molecular complexity index is 1110. The number of carbonyl (C=O) groups excluding carboxylic acids is 2. The number of benzene rings is 2. The van der Waals surface area contributed by atoms with Gasteiger partial charge in [0, 0.05) is 18.1 Å². The minimum Gasteiger partial charge on any atom is -0.325 e. The van der Waals surface area contributed by atoms with Crippen LogP contribution in [0.4, 0.5) is 24.5 Å². The van der Waals surface area contributed by atoms with Crippen LogP contribution in [0.1, 0.15) is 27.0 Å². The summed E-state index contributed by atoms with van der Waals surface area (Å²) in [5.74, 6) is -0.775. The molecule has 5 nitrogen and oxygen atoms in total. The van der Waals surface area contributed by atoms with Gasteiger partial charge in [0.1, 0.15) is 0 Å². The number of hydrogen-bond acceptors (Lipinski definition) is 3. The topological polar surface area (TPSA) is 62.3 Å². The Balaban J connectivity index is 1.58. The van der Waals surface area contributed by atoms with Crippen molar-refractivity contribution in [3.63, 3.8) is 0 Å². The number of nitrogens with one attached hydrogen (secondary N) is 1. The van der Waals surface area contributed by atoms with Gasteiger partial charge in [-0.05, 0) is 41.5 Å². The van der Waals surface area contributed by atoms with Gasteiger partial charge >= 0.3 is 6.18 Å². The summed E-state index contributed by atoms with van der Waals surface area (Å²) < 4.78 is 39.1. The Morgan fingerprint density at radius 2 is 1.90 bits per heavy atom. The van der Waals surface area contributed by atoms with Crippen LogP contribution in [0.2, 0.25) is 0 Å². The van der Waals surface area contributed by atoms with Crippen LogP contribution in [0.5, 0.6) is 0 Å². The van der Waals surface area contributed by atoms with Crippen molar-refractivity contribution in [2.75, 3.05) is 10.2 Å². The molecule has 1 N–H and O–H groups in total. The fraction of sp³-hybridized carbons (Fsp3) is 0.136. The van der Waals surface area contributed by atoms with Gasteiger partial charge in [0.2, 0.25) is 5.91 Å². The van der Waals surface area contributed by atoms with Crippen molar-refractivity contribution in [2.45, 2.75) is 19.1 Å². The summed E-state index contributed by atoms with van der Waals surface area (Å²) >= 11 is 0. The molecule has 0 atom stereocenters. The molecule has 1 aliphatic rings. The van der Waals surface area contributed by atoms with E-state index in [1.165, 1.54) is 17.0 Å². The first-order valence-electron chi connectivity index (χ1n) is 9.13. The van der Waals surface area contributed by atoms with Crippen LogP contribution in [0.25, 0.3) is 0 Å². The Hall–Kier alpha value is -3.68. The highest BCUT2D eigenvalue weighted by Crippen LogP contribution is 2.36. The largest absolute Gasteiger partial charge is 0.416 e. The zero-order valence-electron chi connectivity index (χ0n) is 15.6. The third kappa shape index (κ3) is 3.89. The van der Waals surface area contributed by atoms with Crippen LogP contribution in [-0.2, 0) is 23.9 Å². The van der Waals surface area contributed by atoms with Crippen molar-refractivity contribution in [3.05, 3.63) is 89.2 Å². The summed E-state index contributed by atoms with van der Waals surface area (Å²) in [6, 6.07) is 13.1. The smallest absolute Gasteiger partial charge is 0.325 e. The van der Waals surface area contributed by atoms with Gasteiger partial charge in [-0.3, -0.25) is 14.6 Å². The molecule has 2 amide bonds. The Kier molecular flexibility index (Phi) is 4.99. The number of halogens is 3. The molecule has 2 heterocycles. The van der Waals surface area contributed by atoms with Crippen LogP contribution >= 0.6 is 0 Å². The van der Waals surface area contributed by atoms with E-state index in [9.17, 15) is 22.8 Å². The minimum atomic E-state index is -4.50. The maximum absolute atomic E-state index is 13.0. The predicted octanol–water partition coefficient (Wildman–Crippen LogP) is 4.44. The van der Waals surface area contributed by atoms with Crippen molar-refractivity contribution in [2.24, 2.45) is 0 Å². The average Bonchev–Trinajstić information content (AvgIpc) is 3.06. The molecule has 0 saturated carbocycles. The van der Waals surface area contributed by atoms with Crippen LogP contribution < -0.4 is 10.2 Å². The SMILES string of the molecule is O=C(Cc1cccnc1)Nc1cccc2c1C(=O)N(c1cccc(C(F)(F)F)c1)C2. The third-order valence-corrected chi connectivity index (χ3v) is 4.78. The van der Waals surface area contributed by atoms with E-state index in [1.54, 1.807) is 42.7 Å². The first-order chi connectivity index (χ1) is 14.3. The van der Waals surface area contributed by atoms with E-state index in [1.807, 2.05) is 0 Å². The molecule has 0 saturated heterocycles.